The minimum Gasteiger partial charge on any atom is -0.373 e. The Hall–Kier alpha value is -3.23. The van der Waals surface area contributed by atoms with E-state index in [0.29, 0.717) is 16.7 Å². The maximum absolute atomic E-state index is 13.6. The van der Waals surface area contributed by atoms with Gasteiger partial charge in [-0.25, -0.2) is 0 Å². The Labute approximate surface area is 158 Å². The van der Waals surface area contributed by atoms with Crippen LogP contribution in [0.1, 0.15) is 27.0 Å². The summed E-state index contributed by atoms with van der Waals surface area (Å²) in [5.41, 5.74) is 0.751. The van der Waals surface area contributed by atoms with Crippen LogP contribution in [0.5, 0.6) is 0 Å². The van der Waals surface area contributed by atoms with Crippen LogP contribution in [0.3, 0.4) is 0 Å². The van der Waals surface area contributed by atoms with Crippen LogP contribution in [0.2, 0.25) is 0 Å². The third kappa shape index (κ3) is 2.94. The summed E-state index contributed by atoms with van der Waals surface area (Å²) in [4.78, 5) is 13.6. The monoisotopic (exact) mass is 352 g/mol. The molecule has 2 heteroatoms. The number of rotatable bonds is 4. The molecule has 0 fully saturated rings. The van der Waals surface area contributed by atoms with Crippen molar-refractivity contribution in [1.29, 1.82) is 0 Å². The molecule has 0 saturated heterocycles. The first-order valence-electron chi connectivity index (χ1n) is 8.98. The molecule has 0 aliphatic heterocycles. The van der Waals surface area contributed by atoms with E-state index < -0.39 is 5.60 Å². The number of carbonyl (C=O) groups excluding carboxylic acids is 1. The fraction of sp³-hybridized carbons (Fsp3) is 0.0800. The highest BCUT2D eigenvalue weighted by molar-refractivity contribution is 6.06. The molecule has 4 aromatic rings. The summed E-state index contributed by atoms with van der Waals surface area (Å²) >= 11 is 0. The van der Waals surface area contributed by atoms with E-state index in [-0.39, 0.29) is 5.78 Å². The van der Waals surface area contributed by atoms with Crippen molar-refractivity contribution < 1.29 is 9.90 Å². The van der Waals surface area contributed by atoms with Gasteiger partial charge in [0.05, 0.1) is 0 Å². The number of ketones is 1. The maximum Gasteiger partial charge on any atom is 0.203 e. The predicted octanol–water partition coefficient (Wildman–Crippen LogP) is 5.27. The van der Waals surface area contributed by atoms with Gasteiger partial charge in [-0.2, -0.15) is 0 Å². The summed E-state index contributed by atoms with van der Waals surface area (Å²) in [6, 6.07) is 30.2. The SMILES string of the molecule is Cc1ccccc1C(=O)C(O)(c1ccccc1)c1ccc2ccccc2c1. The van der Waals surface area contributed by atoms with E-state index in [1.165, 1.54) is 0 Å². The zero-order valence-corrected chi connectivity index (χ0v) is 15.1. The van der Waals surface area contributed by atoms with Gasteiger partial charge in [-0.05, 0) is 40.5 Å². The highest BCUT2D eigenvalue weighted by Gasteiger charge is 2.40. The van der Waals surface area contributed by atoms with Crippen LogP contribution in [0.4, 0.5) is 0 Å². The van der Waals surface area contributed by atoms with Gasteiger partial charge in [-0.15, -0.1) is 0 Å². The summed E-state index contributed by atoms with van der Waals surface area (Å²) < 4.78 is 0. The molecule has 4 aromatic carbocycles. The van der Waals surface area contributed by atoms with Crippen LogP contribution in [-0.4, -0.2) is 10.9 Å². The molecule has 4 rings (SSSR count). The fourth-order valence-electron chi connectivity index (χ4n) is 3.55. The Morgan fingerprint density at radius 1 is 0.704 bits per heavy atom. The van der Waals surface area contributed by atoms with Crippen molar-refractivity contribution in [2.45, 2.75) is 12.5 Å². The second-order valence-corrected chi connectivity index (χ2v) is 6.78. The molecule has 0 amide bonds. The lowest BCUT2D eigenvalue weighted by Crippen LogP contribution is -2.37. The van der Waals surface area contributed by atoms with E-state index in [0.717, 1.165) is 16.3 Å². The van der Waals surface area contributed by atoms with Crippen LogP contribution in [0.15, 0.2) is 97.1 Å². The molecule has 1 atom stereocenters. The smallest absolute Gasteiger partial charge is 0.203 e. The lowest BCUT2D eigenvalue weighted by atomic mass is 9.79. The van der Waals surface area contributed by atoms with Crippen LogP contribution in [-0.2, 0) is 5.60 Å². The molecule has 0 aliphatic rings. The van der Waals surface area contributed by atoms with Crippen molar-refractivity contribution in [3.05, 3.63) is 119 Å². The third-order valence-electron chi connectivity index (χ3n) is 5.08. The largest absolute Gasteiger partial charge is 0.373 e. The minimum atomic E-state index is -1.75. The van der Waals surface area contributed by atoms with Gasteiger partial charge in [-0.1, -0.05) is 91.0 Å². The Morgan fingerprint density at radius 2 is 1.33 bits per heavy atom. The van der Waals surface area contributed by atoms with Gasteiger partial charge in [0.2, 0.25) is 5.78 Å². The topological polar surface area (TPSA) is 37.3 Å². The summed E-state index contributed by atoms with van der Waals surface area (Å²) in [6.07, 6.45) is 0. The van der Waals surface area contributed by atoms with E-state index in [4.69, 9.17) is 0 Å². The van der Waals surface area contributed by atoms with Crippen molar-refractivity contribution in [2.75, 3.05) is 0 Å². The molecule has 1 N–H and O–H groups in total. The average molecular weight is 352 g/mol. The van der Waals surface area contributed by atoms with Crippen molar-refractivity contribution in [2.24, 2.45) is 0 Å². The number of hydrogen-bond donors (Lipinski definition) is 1. The van der Waals surface area contributed by atoms with Gasteiger partial charge >= 0.3 is 0 Å². The van der Waals surface area contributed by atoms with Crippen LogP contribution < -0.4 is 0 Å². The second kappa shape index (κ2) is 6.82. The second-order valence-electron chi connectivity index (χ2n) is 6.78. The third-order valence-corrected chi connectivity index (χ3v) is 5.08. The molecular formula is C25H20O2. The Balaban J connectivity index is 1.96. The normalized spacial score (nSPS) is 13.3. The molecule has 2 nitrogen and oxygen atoms in total. The van der Waals surface area contributed by atoms with E-state index in [2.05, 4.69) is 0 Å². The first-order chi connectivity index (χ1) is 13.1. The Bertz CT molecular complexity index is 1120. The summed E-state index contributed by atoms with van der Waals surface area (Å²) in [5, 5.41) is 13.9. The minimum absolute atomic E-state index is 0.318. The number of benzene rings is 4. The summed E-state index contributed by atoms with van der Waals surface area (Å²) in [6.45, 7) is 1.89. The first kappa shape index (κ1) is 17.2. The number of fused-ring (bicyclic) bond motifs is 1. The molecule has 0 radical (unpaired) electrons. The van der Waals surface area contributed by atoms with Gasteiger partial charge in [0.15, 0.2) is 5.60 Å². The molecule has 27 heavy (non-hydrogen) atoms. The highest BCUT2D eigenvalue weighted by Crippen LogP contribution is 2.35. The van der Waals surface area contributed by atoms with E-state index >= 15 is 0 Å². The maximum atomic E-state index is 13.6. The van der Waals surface area contributed by atoms with Gasteiger partial charge < -0.3 is 5.11 Å². The molecule has 0 aromatic heterocycles. The molecule has 0 aliphatic carbocycles. The highest BCUT2D eigenvalue weighted by atomic mass is 16.3. The number of aryl methyl sites for hydroxylation is 1. The summed E-state index contributed by atoms with van der Waals surface area (Å²) in [5.74, 6) is -0.318. The molecule has 0 bridgehead atoms. The number of aliphatic hydroxyl groups is 1. The fourth-order valence-corrected chi connectivity index (χ4v) is 3.55. The molecule has 132 valence electrons. The summed E-state index contributed by atoms with van der Waals surface area (Å²) in [7, 11) is 0. The average Bonchev–Trinajstić information content (AvgIpc) is 2.73. The zero-order chi connectivity index (χ0) is 18.9. The van der Waals surface area contributed by atoms with Crippen molar-refractivity contribution in [3.8, 4) is 0 Å². The first-order valence-corrected chi connectivity index (χ1v) is 8.98. The van der Waals surface area contributed by atoms with E-state index in [1.54, 1.807) is 18.2 Å². The van der Waals surface area contributed by atoms with E-state index in [9.17, 15) is 9.90 Å². The molecule has 0 spiro atoms. The molecule has 0 saturated carbocycles. The number of hydrogen-bond acceptors (Lipinski definition) is 2. The van der Waals surface area contributed by atoms with E-state index in [1.807, 2.05) is 85.8 Å². The number of Topliss-reactive ketones (excluding diaryl/α,β-unsaturated/α-hetero) is 1. The standard InChI is InChI=1S/C25H20O2/c1-18-9-5-8-14-23(18)24(26)25(27,21-12-3-2-4-13-21)22-16-15-19-10-6-7-11-20(19)17-22/h2-17,27H,1H3. The molecular weight excluding hydrogens is 332 g/mol. The van der Waals surface area contributed by atoms with Crippen LogP contribution in [0.25, 0.3) is 10.8 Å². The molecule has 0 heterocycles. The quantitative estimate of drug-likeness (QED) is 0.508. The number of carbonyl (C=O) groups is 1. The van der Waals surface area contributed by atoms with Gasteiger partial charge in [0.1, 0.15) is 0 Å². The van der Waals surface area contributed by atoms with Gasteiger partial charge in [-0.3, -0.25) is 4.79 Å². The van der Waals surface area contributed by atoms with Crippen LogP contribution in [0, 0.1) is 6.92 Å². The molecule has 1 unspecified atom stereocenters. The predicted molar refractivity (Wildman–Crippen MR) is 109 cm³/mol. The van der Waals surface area contributed by atoms with Crippen LogP contribution >= 0.6 is 0 Å². The van der Waals surface area contributed by atoms with Gasteiger partial charge in [0, 0.05) is 5.56 Å². The van der Waals surface area contributed by atoms with Crippen molar-refractivity contribution >= 4 is 16.6 Å². The zero-order valence-electron chi connectivity index (χ0n) is 15.1. The van der Waals surface area contributed by atoms with Crippen molar-refractivity contribution in [1.82, 2.24) is 0 Å². The lowest BCUT2D eigenvalue weighted by molar-refractivity contribution is 0.0487. The lowest BCUT2D eigenvalue weighted by Gasteiger charge is -2.29. The Morgan fingerprint density at radius 3 is 2.07 bits per heavy atom. The Kier molecular flexibility index (Phi) is 4.35. The van der Waals surface area contributed by atoms with Crippen molar-refractivity contribution in [3.63, 3.8) is 0 Å². The van der Waals surface area contributed by atoms with Gasteiger partial charge in [0.25, 0.3) is 0 Å².